The summed E-state index contributed by atoms with van der Waals surface area (Å²) in [4.78, 5) is 39.5. The number of primary amides is 1. The number of alkyl halides is 3. The molecular weight excluding hydrogens is 513 g/mol. The third-order valence-electron chi connectivity index (χ3n) is 5.66. The van der Waals surface area contributed by atoms with Crippen LogP contribution in [0, 0.1) is 13.8 Å². The molecule has 0 bridgehead atoms. The predicted octanol–water partition coefficient (Wildman–Crippen LogP) is 3.81. The summed E-state index contributed by atoms with van der Waals surface area (Å²) in [5.74, 6) is -1.44. The van der Waals surface area contributed by atoms with Crippen molar-refractivity contribution in [3.63, 3.8) is 0 Å². The Morgan fingerprint density at radius 1 is 1.08 bits per heavy atom. The SMILES string of the molecule is Cc1noc(C)c1C(=O)N1CCN(Cc2ccc(C(=O)O)s2)CC1.NC(=O)c1ccccc1C(F)(F)F. The van der Waals surface area contributed by atoms with E-state index in [9.17, 15) is 27.6 Å². The average molecular weight is 539 g/mol. The lowest BCUT2D eigenvalue weighted by molar-refractivity contribution is -0.137. The van der Waals surface area contributed by atoms with Crippen molar-refractivity contribution in [1.29, 1.82) is 0 Å². The third kappa shape index (κ3) is 6.95. The molecule has 3 N–H and O–H groups in total. The highest BCUT2D eigenvalue weighted by Gasteiger charge is 2.34. The Labute approximate surface area is 214 Å². The van der Waals surface area contributed by atoms with Crippen LogP contribution < -0.4 is 5.73 Å². The van der Waals surface area contributed by atoms with Crippen molar-refractivity contribution in [3.05, 3.63) is 74.3 Å². The molecule has 9 nitrogen and oxygen atoms in total. The first-order valence-corrected chi connectivity index (χ1v) is 11.9. The smallest absolute Gasteiger partial charge is 0.417 e. The number of aromatic carboxylic acids is 1. The van der Waals surface area contributed by atoms with E-state index in [4.69, 9.17) is 15.4 Å². The minimum Gasteiger partial charge on any atom is -0.477 e. The van der Waals surface area contributed by atoms with Gasteiger partial charge in [0.05, 0.1) is 16.8 Å². The number of piperazine rings is 1. The molecule has 0 aliphatic carbocycles. The molecule has 2 amide bonds. The molecule has 0 spiro atoms. The number of halogens is 3. The van der Waals surface area contributed by atoms with Gasteiger partial charge in [-0.3, -0.25) is 14.5 Å². The summed E-state index contributed by atoms with van der Waals surface area (Å²) in [7, 11) is 0. The number of nitrogens with two attached hydrogens (primary N) is 1. The highest BCUT2D eigenvalue weighted by Crippen LogP contribution is 2.31. The number of carboxylic acids is 1. The molecule has 0 unspecified atom stereocenters. The van der Waals surface area contributed by atoms with Gasteiger partial charge in [0.2, 0.25) is 5.91 Å². The van der Waals surface area contributed by atoms with Crippen molar-refractivity contribution in [2.24, 2.45) is 5.73 Å². The molecule has 2 aromatic heterocycles. The van der Waals surface area contributed by atoms with Crippen molar-refractivity contribution in [1.82, 2.24) is 15.0 Å². The number of hydrogen-bond acceptors (Lipinski definition) is 7. The zero-order valence-electron chi connectivity index (χ0n) is 20.0. The average Bonchev–Trinajstić information content (AvgIpc) is 3.45. The number of amides is 2. The van der Waals surface area contributed by atoms with Crippen molar-refractivity contribution in [2.75, 3.05) is 26.2 Å². The number of rotatable bonds is 5. The topological polar surface area (TPSA) is 130 Å². The summed E-state index contributed by atoms with van der Waals surface area (Å²) >= 11 is 1.30. The van der Waals surface area contributed by atoms with Gasteiger partial charge in [0.1, 0.15) is 16.2 Å². The Bertz CT molecular complexity index is 1260. The van der Waals surface area contributed by atoms with Crippen LogP contribution >= 0.6 is 11.3 Å². The van der Waals surface area contributed by atoms with Crippen molar-refractivity contribution >= 4 is 29.1 Å². The number of aromatic nitrogens is 1. The Morgan fingerprint density at radius 2 is 1.73 bits per heavy atom. The lowest BCUT2D eigenvalue weighted by atomic mass is 10.1. The van der Waals surface area contributed by atoms with Crippen LogP contribution in [0.1, 0.15) is 52.3 Å². The summed E-state index contributed by atoms with van der Waals surface area (Å²) in [6, 6.07) is 7.89. The van der Waals surface area contributed by atoms with Crippen LogP contribution in [0.5, 0.6) is 0 Å². The van der Waals surface area contributed by atoms with Gasteiger partial charge < -0.3 is 20.3 Å². The van der Waals surface area contributed by atoms with Crippen LogP contribution in [0.4, 0.5) is 13.2 Å². The third-order valence-corrected chi connectivity index (χ3v) is 6.71. The summed E-state index contributed by atoms with van der Waals surface area (Å²) < 4.78 is 41.7. The van der Waals surface area contributed by atoms with Crippen molar-refractivity contribution in [2.45, 2.75) is 26.6 Å². The maximum absolute atomic E-state index is 12.6. The Balaban J connectivity index is 0.000000248. The molecule has 3 heterocycles. The van der Waals surface area contributed by atoms with Crippen molar-refractivity contribution in [3.8, 4) is 0 Å². The molecular formula is C24H25F3N4O5S. The Morgan fingerprint density at radius 3 is 2.22 bits per heavy atom. The lowest BCUT2D eigenvalue weighted by Gasteiger charge is -2.34. The fourth-order valence-electron chi connectivity index (χ4n) is 3.80. The van der Waals surface area contributed by atoms with E-state index in [0.717, 1.165) is 30.1 Å². The summed E-state index contributed by atoms with van der Waals surface area (Å²) in [6.07, 6.45) is -4.54. The molecule has 1 saturated heterocycles. The molecule has 4 rings (SSSR count). The number of carbonyl (C=O) groups is 3. The van der Waals surface area contributed by atoms with Gasteiger partial charge in [-0.2, -0.15) is 13.2 Å². The van der Waals surface area contributed by atoms with E-state index in [1.54, 1.807) is 19.9 Å². The van der Waals surface area contributed by atoms with E-state index in [1.165, 1.54) is 23.5 Å². The largest absolute Gasteiger partial charge is 0.477 e. The highest BCUT2D eigenvalue weighted by molar-refractivity contribution is 7.13. The minimum absolute atomic E-state index is 0.0322. The van der Waals surface area contributed by atoms with Crippen molar-refractivity contribution < 1.29 is 37.2 Å². The first-order chi connectivity index (χ1) is 17.4. The standard InChI is InChI=1S/C16H19N3O4S.C8H6F3NO/c1-10-14(11(2)23-17-10)15(20)19-7-5-18(6-8-19)9-12-3-4-13(24-12)16(21)22;9-8(10,11)6-4-2-1-3-5(6)7(12)13/h3-4H,5-9H2,1-2H3,(H,21,22);1-4H,(H2,12,13). The van der Waals surface area contributed by atoms with Gasteiger partial charge in [0.15, 0.2) is 0 Å². The number of carbonyl (C=O) groups excluding carboxylic acids is 2. The molecule has 3 aromatic rings. The van der Waals surface area contributed by atoms with Crippen LogP contribution in [0.15, 0.2) is 40.9 Å². The van der Waals surface area contributed by atoms with E-state index >= 15 is 0 Å². The first-order valence-electron chi connectivity index (χ1n) is 11.1. The second-order valence-corrected chi connectivity index (χ2v) is 9.41. The maximum atomic E-state index is 12.6. The molecule has 37 heavy (non-hydrogen) atoms. The van der Waals surface area contributed by atoms with Gasteiger partial charge >= 0.3 is 12.1 Å². The molecule has 0 radical (unpaired) electrons. The van der Waals surface area contributed by atoms with E-state index < -0.39 is 29.2 Å². The molecule has 1 aliphatic rings. The zero-order valence-corrected chi connectivity index (χ0v) is 20.9. The van der Waals surface area contributed by atoms with Gasteiger partial charge in [0, 0.05) is 37.6 Å². The molecule has 198 valence electrons. The van der Waals surface area contributed by atoms with Crippen LogP contribution in [-0.2, 0) is 12.7 Å². The van der Waals surface area contributed by atoms with E-state index in [1.807, 2.05) is 11.0 Å². The fraction of sp³-hybridized carbons (Fsp3) is 0.333. The maximum Gasteiger partial charge on any atom is 0.417 e. The van der Waals surface area contributed by atoms with E-state index in [0.29, 0.717) is 41.5 Å². The normalized spacial score (nSPS) is 14.1. The molecule has 1 aromatic carbocycles. The zero-order chi connectivity index (χ0) is 27.3. The molecule has 1 fully saturated rings. The quantitative estimate of drug-likeness (QED) is 0.505. The Kier molecular flexibility index (Phi) is 8.71. The van der Waals surface area contributed by atoms with Gasteiger partial charge in [-0.05, 0) is 38.1 Å². The van der Waals surface area contributed by atoms with Gasteiger partial charge in [-0.15, -0.1) is 11.3 Å². The van der Waals surface area contributed by atoms with Crippen LogP contribution in [0.25, 0.3) is 0 Å². The number of nitrogens with zero attached hydrogens (tertiary/aromatic N) is 3. The van der Waals surface area contributed by atoms with Gasteiger partial charge in [-0.1, -0.05) is 17.3 Å². The number of benzene rings is 1. The monoisotopic (exact) mass is 538 g/mol. The van der Waals surface area contributed by atoms with E-state index in [2.05, 4.69) is 10.1 Å². The van der Waals surface area contributed by atoms with Gasteiger partial charge in [0.25, 0.3) is 5.91 Å². The second kappa shape index (κ2) is 11.6. The van der Waals surface area contributed by atoms with E-state index in [-0.39, 0.29) is 5.91 Å². The Hall–Kier alpha value is -3.71. The summed E-state index contributed by atoms with van der Waals surface area (Å²) in [5, 5.41) is 12.8. The highest BCUT2D eigenvalue weighted by atomic mass is 32.1. The minimum atomic E-state index is -4.54. The fourth-order valence-corrected chi connectivity index (χ4v) is 4.69. The number of aryl methyl sites for hydroxylation is 2. The van der Waals surface area contributed by atoms with Crippen LogP contribution in [0.3, 0.4) is 0 Å². The molecule has 0 saturated carbocycles. The predicted molar refractivity (Wildman–Crippen MR) is 128 cm³/mol. The number of hydrogen-bond donors (Lipinski definition) is 2. The number of carboxylic acid groups (broad SMARTS) is 1. The lowest BCUT2D eigenvalue weighted by Crippen LogP contribution is -2.48. The second-order valence-electron chi connectivity index (χ2n) is 8.25. The molecule has 1 aliphatic heterocycles. The molecule has 13 heteroatoms. The first kappa shape index (κ1) is 27.9. The number of thiophene rings is 1. The van der Waals surface area contributed by atoms with Crippen LogP contribution in [-0.4, -0.2) is 64.0 Å². The molecule has 0 atom stereocenters. The summed E-state index contributed by atoms with van der Waals surface area (Å²) in [5.41, 5.74) is 4.46. The van der Waals surface area contributed by atoms with Gasteiger partial charge in [-0.25, -0.2) is 4.79 Å². The summed E-state index contributed by atoms with van der Waals surface area (Å²) in [6.45, 7) is 7.04. The van der Waals surface area contributed by atoms with Crippen LogP contribution in [0.2, 0.25) is 0 Å².